The number of benzene rings is 2. The largest absolute Gasteiger partial charge is 0.506 e. The highest BCUT2D eigenvalue weighted by Gasteiger charge is 2.33. The summed E-state index contributed by atoms with van der Waals surface area (Å²) in [6.45, 7) is 3.59. The molecule has 3 aromatic rings. The van der Waals surface area contributed by atoms with Gasteiger partial charge in [0.1, 0.15) is 11.5 Å². The van der Waals surface area contributed by atoms with Gasteiger partial charge in [0, 0.05) is 10.6 Å². The zero-order valence-corrected chi connectivity index (χ0v) is 22.7. The maximum absolute atomic E-state index is 13.6. The third-order valence-corrected chi connectivity index (χ3v) is 7.46. The molecule has 0 radical (unpaired) electrons. The van der Waals surface area contributed by atoms with E-state index in [4.69, 9.17) is 32.7 Å². The van der Waals surface area contributed by atoms with Gasteiger partial charge in [-0.05, 0) is 65.7 Å². The van der Waals surface area contributed by atoms with Crippen LogP contribution >= 0.6 is 50.5 Å². The fourth-order valence-electron chi connectivity index (χ4n) is 3.80. The average molecular weight is 598 g/mol. The van der Waals surface area contributed by atoms with Crippen molar-refractivity contribution in [2.75, 3.05) is 13.7 Å². The van der Waals surface area contributed by atoms with Gasteiger partial charge in [0.2, 0.25) is 0 Å². The molecule has 2 aromatic carbocycles. The van der Waals surface area contributed by atoms with E-state index >= 15 is 0 Å². The van der Waals surface area contributed by atoms with Crippen molar-refractivity contribution in [3.8, 4) is 11.5 Å². The molecule has 7 nitrogen and oxygen atoms in total. The predicted molar refractivity (Wildman–Crippen MR) is 139 cm³/mol. The molecule has 1 aliphatic rings. The number of rotatable bonds is 5. The summed E-state index contributed by atoms with van der Waals surface area (Å²) < 4.78 is 13.0. The third kappa shape index (κ3) is 4.78. The summed E-state index contributed by atoms with van der Waals surface area (Å²) in [6.07, 6.45) is 1.50. The van der Waals surface area contributed by atoms with Crippen LogP contribution in [-0.4, -0.2) is 29.4 Å². The molecule has 0 unspecified atom stereocenters. The van der Waals surface area contributed by atoms with E-state index in [1.807, 2.05) is 0 Å². The van der Waals surface area contributed by atoms with Gasteiger partial charge in [-0.25, -0.2) is 9.79 Å². The van der Waals surface area contributed by atoms with E-state index in [9.17, 15) is 14.7 Å². The van der Waals surface area contributed by atoms with Crippen molar-refractivity contribution in [2.24, 2.45) is 4.99 Å². The molecule has 1 N–H and O–H groups in total. The van der Waals surface area contributed by atoms with Crippen LogP contribution in [0.2, 0.25) is 10.0 Å². The lowest BCUT2D eigenvalue weighted by molar-refractivity contribution is -0.139. The monoisotopic (exact) mass is 596 g/mol. The number of methoxy groups -OCH3 is 1. The minimum atomic E-state index is -0.786. The first-order valence-electron chi connectivity index (χ1n) is 10.4. The number of carbonyl (C=O) groups is 1. The van der Waals surface area contributed by atoms with E-state index in [0.717, 1.165) is 11.3 Å². The van der Waals surface area contributed by atoms with Crippen LogP contribution in [0.1, 0.15) is 31.0 Å². The van der Waals surface area contributed by atoms with Crippen molar-refractivity contribution >= 4 is 62.5 Å². The first kappa shape index (κ1) is 25.5. The fourth-order valence-corrected chi connectivity index (χ4v) is 5.90. The van der Waals surface area contributed by atoms with Crippen LogP contribution in [-0.2, 0) is 9.53 Å². The highest BCUT2D eigenvalue weighted by molar-refractivity contribution is 9.10. The molecule has 0 aliphatic carbocycles. The Hall–Kier alpha value is -2.59. The summed E-state index contributed by atoms with van der Waals surface area (Å²) in [5.41, 5.74) is 1.27. The molecular weight excluding hydrogens is 579 g/mol. The summed E-state index contributed by atoms with van der Waals surface area (Å²) >= 11 is 16.7. The van der Waals surface area contributed by atoms with Crippen LogP contribution < -0.4 is 19.6 Å². The Bertz CT molecular complexity index is 1560. The topological polar surface area (TPSA) is 90.1 Å². The van der Waals surface area contributed by atoms with E-state index < -0.39 is 17.6 Å². The number of hydrogen-bond acceptors (Lipinski definition) is 7. The molecule has 2 heterocycles. The minimum absolute atomic E-state index is 0.0675. The normalized spacial score (nSPS) is 15.6. The van der Waals surface area contributed by atoms with Crippen LogP contribution in [0.25, 0.3) is 6.08 Å². The molecule has 182 valence electrons. The van der Waals surface area contributed by atoms with Gasteiger partial charge in [-0.3, -0.25) is 9.36 Å². The first-order chi connectivity index (χ1) is 16.7. The SMILES string of the molecule is CCOC(=O)C1=C(C)N=c2s/c(=C/c3cc(Cl)cc(Cl)c3O)c(=O)n2[C@@H]1c1ccc(OC)c(Br)c1. The molecule has 0 fully saturated rings. The van der Waals surface area contributed by atoms with Crippen molar-refractivity contribution in [3.63, 3.8) is 0 Å². The zero-order chi connectivity index (χ0) is 25.4. The number of ether oxygens (including phenoxy) is 2. The Kier molecular flexibility index (Phi) is 7.42. The number of esters is 1. The van der Waals surface area contributed by atoms with E-state index in [0.29, 0.717) is 31.3 Å². The number of fused-ring (bicyclic) bond motifs is 1. The summed E-state index contributed by atoms with van der Waals surface area (Å²) in [5, 5.41) is 10.7. The fraction of sp³-hybridized carbons (Fsp3) is 0.208. The second kappa shape index (κ2) is 10.2. The summed E-state index contributed by atoms with van der Waals surface area (Å²) in [4.78, 5) is 31.6. The molecule has 1 aliphatic heterocycles. The number of thiazole rings is 1. The lowest BCUT2D eigenvalue weighted by Gasteiger charge is -2.25. The van der Waals surface area contributed by atoms with Gasteiger partial charge in [-0.1, -0.05) is 40.6 Å². The second-order valence-electron chi connectivity index (χ2n) is 7.52. The number of hydrogen-bond donors (Lipinski definition) is 1. The molecule has 0 spiro atoms. The Labute approximate surface area is 222 Å². The highest BCUT2D eigenvalue weighted by Crippen LogP contribution is 2.35. The Balaban J connectivity index is 1.99. The average Bonchev–Trinajstić information content (AvgIpc) is 3.10. The quantitative estimate of drug-likeness (QED) is 0.435. The van der Waals surface area contributed by atoms with E-state index in [1.54, 1.807) is 39.2 Å². The van der Waals surface area contributed by atoms with Crippen LogP contribution in [0.5, 0.6) is 11.5 Å². The Morgan fingerprint density at radius 2 is 2.06 bits per heavy atom. The summed E-state index contributed by atoms with van der Waals surface area (Å²) in [5.74, 6) is -0.145. The number of halogens is 3. The zero-order valence-electron chi connectivity index (χ0n) is 18.8. The number of phenolic OH excluding ortho intramolecular Hbond substituents is 1. The second-order valence-corrected chi connectivity index (χ2v) is 10.2. The Morgan fingerprint density at radius 3 is 2.71 bits per heavy atom. The van der Waals surface area contributed by atoms with Gasteiger partial charge >= 0.3 is 5.97 Å². The van der Waals surface area contributed by atoms with Crippen molar-refractivity contribution in [3.05, 3.63) is 86.9 Å². The maximum atomic E-state index is 13.6. The van der Waals surface area contributed by atoms with Gasteiger partial charge in [-0.15, -0.1) is 0 Å². The predicted octanol–water partition coefficient (Wildman–Crippen LogP) is 4.58. The number of aromatic nitrogens is 1. The standard InChI is InChI=1S/C24H19BrCl2N2O5S/c1-4-34-23(32)19-11(2)28-24-29(20(19)12-5-6-17(33-3)15(25)8-12)22(31)18(35-24)9-13-7-14(26)10-16(27)21(13)30/h5-10,20,30H,4H2,1-3H3/b18-9+/t20-/m1/s1. The molecule has 4 rings (SSSR count). The van der Waals surface area contributed by atoms with Crippen molar-refractivity contribution in [1.29, 1.82) is 0 Å². The van der Waals surface area contributed by atoms with E-state index in [1.165, 1.54) is 22.8 Å². The smallest absolute Gasteiger partial charge is 0.338 e. The molecule has 0 saturated carbocycles. The molecular formula is C24H19BrCl2N2O5S. The van der Waals surface area contributed by atoms with Gasteiger partial charge in [-0.2, -0.15) is 0 Å². The lowest BCUT2D eigenvalue weighted by Crippen LogP contribution is -2.40. The van der Waals surface area contributed by atoms with Crippen LogP contribution in [0.4, 0.5) is 0 Å². The molecule has 0 amide bonds. The van der Waals surface area contributed by atoms with Crippen molar-refractivity contribution in [1.82, 2.24) is 4.57 Å². The molecule has 1 atom stereocenters. The lowest BCUT2D eigenvalue weighted by atomic mass is 9.96. The van der Waals surface area contributed by atoms with Gasteiger partial charge in [0.25, 0.3) is 5.56 Å². The number of allylic oxidation sites excluding steroid dienone is 1. The van der Waals surface area contributed by atoms with Gasteiger partial charge in [0.15, 0.2) is 4.80 Å². The van der Waals surface area contributed by atoms with E-state index in [-0.39, 0.29) is 33.0 Å². The number of carbonyl (C=O) groups excluding carboxylic acids is 1. The molecule has 1 aromatic heterocycles. The maximum Gasteiger partial charge on any atom is 0.338 e. The van der Waals surface area contributed by atoms with Crippen LogP contribution in [0.3, 0.4) is 0 Å². The van der Waals surface area contributed by atoms with Crippen molar-refractivity contribution in [2.45, 2.75) is 19.9 Å². The van der Waals surface area contributed by atoms with E-state index in [2.05, 4.69) is 20.9 Å². The van der Waals surface area contributed by atoms with Crippen LogP contribution in [0, 0.1) is 0 Å². The van der Waals surface area contributed by atoms with Gasteiger partial charge < -0.3 is 14.6 Å². The minimum Gasteiger partial charge on any atom is -0.506 e. The summed E-state index contributed by atoms with van der Waals surface area (Å²) in [6, 6.07) is 7.46. The van der Waals surface area contributed by atoms with Gasteiger partial charge in [0.05, 0.1) is 45.1 Å². The first-order valence-corrected chi connectivity index (χ1v) is 12.7. The number of phenols is 1. The molecule has 35 heavy (non-hydrogen) atoms. The Morgan fingerprint density at radius 1 is 1.31 bits per heavy atom. The number of aromatic hydroxyl groups is 1. The van der Waals surface area contributed by atoms with Crippen LogP contribution in [0.15, 0.2) is 55.9 Å². The third-order valence-electron chi connectivity index (χ3n) is 5.35. The van der Waals surface area contributed by atoms with Crippen molar-refractivity contribution < 1.29 is 19.4 Å². The summed E-state index contributed by atoms with van der Waals surface area (Å²) in [7, 11) is 1.55. The number of nitrogens with zero attached hydrogens (tertiary/aromatic N) is 2. The molecule has 0 bridgehead atoms. The molecule has 0 saturated heterocycles. The molecule has 11 heteroatoms. The highest BCUT2D eigenvalue weighted by atomic mass is 79.9.